The summed E-state index contributed by atoms with van der Waals surface area (Å²) >= 11 is 0. The molecule has 0 aliphatic heterocycles. The smallest absolute Gasteiger partial charge is 0.310 e. The van der Waals surface area contributed by atoms with Crippen LogP contribution in [0.4, 0.5) is 0 Å². The number of benzene rings is 2. The Labute approximate surface area is 215 Å². The van der Waals surface area contributed by atoms with Crippen molar-refractivity contribution in [2.75, 3.05) is 28.4 Å². The van der Waals surface area contributed by atoms with Crippen LogP contribution in [0, 0.1) is 5.92 Å². The lowest BCUT2D eigenvalue weighted by atomic mass is 9.92. The van der Waals surface area contributed by atoms with Crippen molar-refractivity contribution in [3.8, 4) is 28.7 Å². The number of methoxy groups -OCH3 is 4. The van der Waals surface area contributed by atoms with Crippen LogP contribution in [0.5, 0.6) is 28.7 Å². The number of hydrogen-bond acceptors (Lipinski definition) is 6. The van der Waals surface area contributed by atoms with Gasteiger partial charge in [0, 0.05) is 5.56 Å². The van der Waals surface area contributed by atoms with Crippen LogP contribution in [0.1, 0.15) is 43.9 Å². The van der Waals surface area contributed by atoms with E-state index in [0.717, 1.165) is 22.3 Å². The van der Waals surface area contributed by atoms with Gasteiger partial charge in [-0.15, -0.1) is 0 Å². The van der Waals surface area contributed by atoms with Gasteiger partial charge in [-0.05, 0) is 65.9 Å². The quantitative estimate of drug-likeness (QED) is 0.421. The minimum absolute atomic E-state index is 0.00606. The van der Waals surface area contributed by atoms with E-state index in [0.29, 0.717) is 41.6 Å². The van der Waals surface area contributed by atoms with Gasteiger partial charge < -0.3 is 28.5 Å². The van der Waals surface area contributed by atoms with E-state index in [2.05, 4.69) is 33.9 Å². The first-order valence-electron chi connectivity index (χ1n) is 12.0. The minimum atomic E-state index is -2.17. The van der Waals surface area contributed by atoms with Crippen LogP contribution >= 0.6 is 0 Å². The molecule has 2 aromatic carbocycles. The Morgan fingerprint density at radius 2 is 1.56 bits per heavy atom. The zero-order chi connectivity index (χ0) is 26.8. The highest BCUT2D eigenvalue weighted by Crippen LogP contribution is 2.48. The van der Waals surface area contributed by atoms with Gasteiger partial charge in [0.05, 0.1) is 34.4 Å². The first-order valence-corrected chi connectivity index (χ1v) is 14.9. The molecule has 3 rings (SSSR count). The van der Waals surface area contributed by atoms with Crippen LogP contribution in [0.3, 0.4) is 0 Å². The fourth-order valence-electron chi connectivity index (χ4n) is 4.18. The Morgan fingerprint density at radius 3 is 2.08 bits per heavy atom. The molecule has 196 valence electrons. The van der Waals surface area contributed by atoms with Crippen LogP contribution in [-0.2, 0) is 11.2 Å². The third kappa shape index (κ3) is 5.19. The average molecular weight is 515 g/mol. The summed E-state index contributed by atoms with van der Waals surface area (Å²) in [6.07, 6.45) is 2.76. The molecule has 1 atom stereocenters. The second-order valence-electron chi connectivity index (χ2n) is 10.5. The second-order valence-corrected chi connectivity index (χ2v) is 15.2. The molecular formula is C28H38O7Si. The lowest BCUT2D eigenvalue weighted by Crippen LogP contribution is -2.43. The van der Waals surface area contributed by atoms with Crippen molar-refractivity contribution < 1.29 is 33.3 Å². The number of aliphatic carboxylic acids is 1. The topological polar surface area (TPSA) is 83.5 Å². The van der Waals surface area contributed by atoms with Gasteiger partial charge >= 0.3 is 5.97 Å². The molecule has 0 saturated heterocycles. The lowest BCUT2D eigenvalue weighted by molar-refractivity contribution is -0.140. The van der Waals surface area contributed by atoms with Crippen molar-refractivity contribution in [1.29, 1.82) is 0 Å². The molecule has 7 nitrogen and oxygen atoms in total. The van der Waals surface area contributed by atoms with Crippen LogP contribution in [0.25, 0.3) is 5.57 Å². The SMILES string of the molecule is COc1ccc(C2=C[C@H](C(=O)O)CCc3c2cc(OC)c(OC)c3OC)cc1O[Si](C)(C)C(C)(C)C. The summed E-state index contributed by atoms with van der Waals surface area (Å²) in [5.74, 6) is 1.30. The van der Waals surface area contributed by atoms with Crippen molar-refractivity contribution >= 4 is 19.9 Å². The molecule has 0 unspecified atom stereocenters. The molecule has 2 aromatic rings. The van der Waals surface area contributed by atoms with Gasteiger partial charge in [0.15, 0.2) is 17.2 Å². The number of carboxylic acids is 1. The summed E-state index contributed by atoms with van der Waals surface area (Å²) in [7, 11) is 4.17. The van der Waals surface area contributed by atoms with Gasteiger partial charge in [-0.25, -0.2) is 0 Å². The largest absolute Gasteiger partial charge is 0.541 e. The van der Waals surface area contributed by atoms with Crippen LogP contribution in [-0.4, -0.2) is 47.8 Å². The first kappa shape index (κ1) is 27.5. The van der Waals surface area contributed by atoms with Crippen molar-refractivity contribution in [1.82, 2.24) is 0 Å². The predicted molar refractivity (Wildman–Crippen MR) is 143 cm³/mol. The normalized spacial score (nSPS) is 15.8. The molecule has 0 fully saturated rings. The maximum Gasteiger partial charge on any atom is 0.310 e. The number of ether oxygens (including phenoxy) is 4. The Morgan fingerprint density at radius 1 is 0.917 bits per heavy atom. The van der Waals surface area contributed by atoms with E-state index in [4.69, 9.17) is 23.4 Å². The van der Waals surface area contributed by atoms with E-state index < -0.39 is 20.2 Å². The molecule has 0 spiro atoms. The Kier molecular flexibility index (Phi) is 7.98. The molecular weight excluding hydrogens is 476 g/mol. The average Bonchev–Trinajstić information content (AvgIpc) is 3.01. The molecule has 0 radical (unpaired) electrons. The maximum atomic E-state index is 12.1. The summed E-state index contributed by atoms with van der Waals surface area (Å²) in [4.78, 5) is 12.1. The molecule has 36 heavy (non-hydrogen) atoms. The number of carboxylic acid groups (broad SMARTS) is 1. The lowest BCUT2D eigenvalue weighted by Gasteiger charge is -2.37. The zero-order valence-electron chi connectivity index (χ0n) is 22.8. The van der Waals surface area contributed by atoms with E-state index in [1.54, 1.807) is 28.4 Å². The molecule has 8 heteroatoms. The number of carbonyl (C=O) groups is 1. The standard InChI is InChI=1S/C28H38O7Si/c1-28(2,3)36(8,9)35-23-15-17(11-13-22(23)31-4)20-14-18(27(29)30)10-12-19-21(20)16-24(32-5)26(34-7)25(19)33-6/h11,13-16,18H,10,12H2,1-9H3,(H,29,30)/t18-/m1/s1. The number of hydrogen-bond donors (Lipinski definition) is 1. The fourth-order valence-corrected chi connectivity index (χ4v) is 5.19. The minimum Gasteiger partial charge on any atom is -0.541 e. The van der Waals surface area contributed by atoms with Crippen molar-refractivity contribution in [2.45, 2.75) is 51.7 Å². The molecule has 0 heterocycles. The fraction of sp³-hybridized carbons (Fsp3) is 0.464. The summed E-state index contributed by atoms with van der Waals surface area (Å²) < 4.78 is 29.2. The molecule has 0 saturated carbocycles. The molecule has 1 aliphatic carbocycles. The Bertz CT molecular complexity index is 1160. The molecule has 0 aromatic heterocycles. The second kappa shape index (κ2) is 10.5. The molecule has 0 bridgehead atoms. The number of fused-ring (bicyclic) bond motifs is 1. The highest BCUT2D eigenvalue weighted by Gasteiger charge is 2.39. The van der Waals surface area contributed by atoms with E-state index in [1.807, 2.05) is 30.3 Å². The zero-order valence-corrected chi connectivity index (χ0v) is 23.8. The molecule has 1 aliphatic rings. The van der Waals surface area contributed by atoms with Crippen molar-refractivity contribution in [3.05, 3.63) is 47.0 Å². The summed E-state index contributed by atoms with van der Waals surface area (Å²) in [5.41, 5.74) is 3.33. The highest BCUT2D eigenvalue weighted by atomic mass is 28.4. The van der Waals surface area contributed by atoms with Gasteiger partial charge in [-0.3, -0.25) is 4.79 Å². The van der Waals surface area contributed by atoms with Gasteiger partial charge in [-0.2, -0.15) is 0 Å². The van der Waals surface area contributed by atoms with Gasteiger partial charge in [-0.1, -0.05) is 32.9 Å². The van der Waals surface area contributed by atoms with Crippen LogP contribution in [0.2, 0.25) is 18.1 Å². The third-order valence-electron chi connectivity index (χ3n) is 7.26. The third-order valence-corrected chi connectivity index (χ3v) is 11.6. The van der Waals surface area contributed by atoms with Gasteiger partial charge in [0.1, 0.15) is 5.75 Å². The van der Waals surface area contributed by atoms with Gasteiger partial charge in [0.2, 0.25) is 5.75 Å². The first-order chi connectivity index (χ1) is 16.9. The molecule has 1 N–H and O–H groups in total. The Hall–Kier alpha value is -3.13. The molecule has 0 amide bonds. The van der Waals surface area contributed by atoms with E-state index in [1.165, 1.54) is 0 Å². The number of rotatable bonds is 8. The van der Waals surface area contributed by atoms with Gasteiger partial charge in [0.25, 0.3) is 8.32 Å². The summed E-state index contributed by atoms with van der Waals surface area (Å²) in [6, 6.07) is 7.64. The van der Waals surface area contributed by atoms with E-state index in [-0.39, 0.29) is 5.04 Å². The van der Waals surface area contributed by atoms with Crippen LogP contribution < -0.4 is 23.4 Å². The monoisotopic (exact) mass is 514 g/mol. The Balaban J connectivity index is 2.28. The summed E-state index contributed by atoms with van der Waals surface area (Å²) in [5, 5.41) is 9.94. The predicted octanol–water partition coefficient (Wildman–Crippen LogP) is 6.18. The maximum absolute atomic E-state index is 12.1. The summed E-state index contributed by atoms with van der Waals surface area (Å²) in [6.45, 7) is 10.9. The van der Waals surface area contributed by atoms with E-state index in [9.17, 15) is 9.90 Å². The van der Waals surface area contributed by atoms with Crippen molar-refractivity contribution in [2.24, 2.45) is 5.92 Å². The van der Waals surface area contributed by atoms with Crippen molar-refractivity contribution in [3.63, 3.8) is 0 Å². The highest BCUT2D eigenvalue weighted by molar-refractivity contribution is 6.74. The van der Waals surface area contributed by atoms with Crippen LogP contribution in [0.15, 0.2) is 30.3 Å². The van der Waals surface area contributed by atoms with E-state index >= 15 is 0 Å².